The molecule has 0 unspecified atom stereocenters. The molecule has 0 aliphatic carbocycles. The molecule has 1 aliphatic heterocycles. The number of benzene rings is 2. The van der Waals surface area contributed by atoms with E-state index in [2.05, 4.69) is 70.9 Å². The van der Waals surface area contributed by atoms with E-state index in [-0.39, 0.29) is 0 Å². The Morgan fingerprint density at radius 2 is 1.58 bits per heavy atom. The molecule has 3 heterocycles. The van der Waals surface area contributed by atoms with Crippen LogP contribution in [0.1, 0.15) is 0 Å². The van der Waals surface area contributed by atoms with Crippen molar-refractivity contribution in [2.24, 2.45) is 0 Å². The summed E-state index contributed by atoms with van der Waals surface area (Å²) in [5.74, 6) is 1.18. The summed E-state index contributed by atoms with van der Waals surface area (Å²) >= 11 is 1.61. The maximum Gasteiger partial charge on any atom is 0.272 e. The SMILES string of the molecule is c1ccc2cn([N+]3(c4nsc5ccccc45)CCNCC3)cc2c1. The maximum atomic E-state index is 4.90. The molecule has 0 saturated carbocycles. The highest BCUT2D eigenvalue weighted by molar-refractivity contribution is 7.13. The van der Waals surface area contributed by atoms with Gasteiger partial charge in [-0.3, -0.25) is 0 Å². The Morgan fingerprint density at radius 3 is 2.33 bits per heavy atom. The molecule has 4 nitrogen and oxygen atoms in total. The van der Waals surface area contributed by atoms with Crippen LogP contribution in [0.3, 0.4) is 0 Å². The minimum absolute atomic E-state index is 0.770. The molecular formula is C19H19N4S+. The molecule has 1 fully saturated rings. The predicted molar refractivity (Wildman–Crippen MR) is 101 cm³/mol. The molecular weight excluding hydrogens is 316 g/mol. The summed E-state index contributed by atoms with van der Waals surface area (Å²) in [5, 5.41) is 7.35. The van der Waals surface area contributed by atoms with E-state index in [1.165, 1.54) is 26.7 Å². The predicted octanol–water partition coefficient (Wildman–Crippen LogP) is 3.62. The lowest BCUT2D eigenvalue weighted by Crippen LogP contribution is -2.62. The molecule has 5 heteroatoms. The fourth-order valence-corrected chi connectivity index (χ4v) is 4.61. The molecule has 24 heavy (non-hydrogen) atoms. The van der Waals surface area contributed by atoms with Crippen molar-refractivity contribution in [1.82, 2.24) is 19.0 Å². The van der Waals surface area contributed by atoms with Crippen molar-refractivity contribution >= 4 is 38.2 Å². The third-order valence-corrected chi connectivity index (χ3v) is 5.87. The van der Waals surface area contributed by atoms with Crippen molar-refractivity contribution in [3.05, 3.63) is 60.9 Å². The maximum absolute atomic E-state index is 4.90. The van der Waals surface area contributed by atoms with Crippen molar-refractivity contribution in [2.75, 3.05) is 26.2 Å². The Kier molecular flexibility index (Phi) is 3.19. The summed E-state index contributed by atoms with van der Waals surface area (Å²) in [5.41, 5.74) is 0. The van der Waals surface area contributed by atoms with Gasteiger partial charge < -0.3 is 5.32 Å². The molecule has 0 bridgehead atoms. The number of piperazine rings is 1. The zero-order valence-corrected chi connectivity index (χ0v) is 14.2. The molecule has 1 saturated heterocycles. The third-order valence-electron chi connectivity index (χ3n) is 5.05. The van der Waals surface area contributed by atoms with Crippen LogP contribution in [0.5, 0.6) is 0 Å². The lowest BCUT2D eigenvalue weighted by atomic mass is 10.2. The molecule has 0 spiro atoms. The molecule has 1 N–H and O–H groups in total. The normalized spacial score (nSPS) is 17.5. The zero-order valence-electron chi connectivity index (χ0n) is 13.4. The lowest BCUT2D eigenvalue weighted by Gasteiger charge is -2.39. The standard InChI is InChI=1S/C19H19N4S/c1-2-6-16-14-22(13-15(16)5-1)23(11-9-20-10-12-23)19-17-7-3-4-8-18(17)24-21-19/h1-8,13-14,20H,9-12H2/q+1. The summed E-state index contributed by atoms with van der Waals surface area (Å²) in [6.45, 7) is 4.02. The van der Waals surface area contributed by atoms with E-state index in [1.807, 2.05) is 0 Å². The van der Waals surface area contributed by atoms with Gasteiger partial charge in [0.15, 0.2) is 0 Å². The van der Waals surface area contributed by atoms with Crippen LogP contribution in [0.15, 0.2) is 60.9 Å². The zero-order chi connectivity index (χ0) is 16.0. The van der Waals surface area contributed by atoms with Crippen LogP contribution < -0.4 is 9.91 Å². The van der Waals surface area contributed by atoms with E-state index >= 15 is 0 Å². The molecule has 0 radical (unpaired) electrons. The Hall–Kier alpha value is -2.21. The summed E-state index contributed by atoms with van der Waals surface area (Å²) < 4.78 is 9.30. The van der Waals surface area contributed by atoms with Gasteiger partial charge in [0.05, 0.1) is 22.5 Å². The van der Waals surface area contributed by atoms with Gasteiger partial charge in [-0.15, -0.1) is 4.37 Å². The molecule has 2 aromatic carbocycles. The fraction of sp³-hybridized carbons (Fsp3) is 0.211. The van der Waals surface area contributed by atoms with Crippen LogP contribution in [0.25, 0.3) is 20.9 Å². The van der Waals surface area contributed by atoms with Crippen LogP contribution in [0, 0.1) is 0 Å². The van der Waals surface area contributed by atoms with Crippen molar-refractivity contribution < 1.29 is 0 Å². The van der Waals surface area contributed by atoms with Gasteiger partial charge in [-0.2, -0.15) is 9.27 Å². The number of hydrogen-bond acceptors (Lipinski definition) is 3. The molecule has 1 aliphatic rings. The van der Waals surface area contributed by atoms with Gasteiger partial charge in [-0.25, -0.2) is 0 Å². The summed E-state index contributed by atoms with van der Waals surface area (Å²) in [6.07, 6.45) is 4.55. The van der Waals surface area contributed by atoms with E-state index in [0.29, 0.717) is 0 Å². The Morgan fingerprint density at radius 1 is 0.917 bits per heavy atom. The monoisotopic (exact) mass is 335 g/mol. The number of fused-ring (bicyclic) bond motifs is 2. The van der Waals surface area contributed by atoms with Crippen molar-refractivity contribution in [2.45, 2.75) is 0 Å². The first kappa shape index (κ1) is 14.2. The molecule has 5 rings (SSSR count). The van der Waals surface area contributed by atoms with Crippen molar-refractivity contribution in [1.29, 1.82) is 0 Å². The lowest BCUT2D eigenvalue weighted by molar-refractivity contribution is 0.178. The van der Waals surface area contributed by atoms with Crippen LogP contribution in [-0.2, 0) is 0 Å². The largest absolute Gasteiger partial charge is 0.306 e. The molecule has 120 valence electrons. The van der Waals surface area contributed by atoms with Gasteiger partial charge >= 0.3 is 0 Å². The highest BCUT2D eigenvalue weighted by Crippen LogP contribution is 2.35. The van der Waals surface area contributed by atoms with E-state index in [9.17, 15) is 0 Å². The summed E-state index contributed by atoms with van der Waals surface area (Å²) in [4.78, 5) is 0. The van der Waals surface area contributed by atoms with Crippen LogP contribution in [0.2, 0.25) is 0 Å². The van der Waals surface area contributed by atoms with Gasteiger partial charge in [0.25, 0.3) is 5.82 Å². The first-order valence-corrected chi connectivity index (χ1v) is 9.15. The van der Waals surface area contributed by atoms with Gasteiger partial charge in [-0.1, -0.05) is 36.4 Å². The molecule has 0 amide bonds. The van der Waals surface area contributed by atoms with Crippen molar-refractivity contribution in [3.63, 3.8) is 0 Å². The number of nitrogens with one attached hydrogen (secondary N) is 1. The van der Waals surface area contributed by atoms with Crippen LogP contribution >= 0.6 is 11.5 Å². The minimum Gasteiger partial charge on any atom is -0.306 e. The average molecular weight is 335 g/mol. The number of aromatic nitrogens is 2. The van der Waals surface area contributed by atoms with Crippen LogP contribution in [0.4, 0.5) is 5.82 Å². The molecule has 4 aromatic rings. The Labute approximate surface area is 144 Å². The summed E-state index contributed by atoms with van der Waals surface area (Å²) in [7, 11) is 0. The fourth-order valence-electron chi connectivity index (χ4n) is 3.78. The van der Waals surface area contributed by atoms with E-state index in [1.54, 1.807) is 11.5 Å². The van der Waals surface area contributed by atoms with Crippen LogP contribution in [-0.4, -0.2) is 35.2 Å². The highest BCUT2D eigenvalue weighted by atomic mass is 32.1. The number of rotatable bonds is 2. The number of quaternary nitrogens is 1. The average Bonchev–Trinajstić information content (AvgIpc) is 3.27. The quantitative estimate of drug-likeness (QED) is 0.567. The van der Waals surface area contributed by atoms with Gasteiger partial charge in [0.2, 0.25) is 0 Å². The topological polar surface area (TPSA) is 29.9 Å². The first-order chi connectivity index (χ1) is 11.9. The van der Waals surface area contributed by atoms with Crippen molar-refractivity contribution in [3.8, 4) is 0 Å². The second-order valence-corrected chi connectivity index (χ2v) is 7.19. The molecule has 2 aromatic heterocycles. The third kappa shape index (κ3) is 2.02. The minimum atomic E-state index is 0.770. The number of hydrogen-bond donors (Lipinski definition) is 1. The van der Waals surface area contributed by atoms with E-state index in [4.69, 9.17) is 4.37 Å². The van der Waals surface area contributed by atoms with Gasteiger partial charge in [0, 0.05) is 23.9 Å². The van der Waals surface area contributed by atoms with Gasteiger partial charge in [-0.05, 0) is 23.7 Å². The highest BCUT2D eigenvalue weighted by Gasteiger charge is 2.39. The summed E-state index contributed by atoms with van der Waals surface area (Å²) in [6, 6.07) is 17.2. The van der Waals surface area contributed by atoms with E-state index in [0.717, 1.165) is 30.8 Å². The Balaban J connectivity index is 1.76. The first-order valence-electron chi connectivity index (χ1n) is 8.37. The smallest absolute Gasteiger partial charge is 0.272 e. The van der Waals surface area contributed by atoms with E-state index < -0.39 is 0 Å². The number of nitrogens with zero attached hydrogens (tertiary/aromatic N) is 3. The Bertz CT molecular complexity index is 977. The second kappa shape index (κ2) is 5.41. The second-order valence-electron chi connectivity index (χ2n) is 6.39. The van der Waals surface area contributed by atoms with Gasteiger partial charge in [0.1, 0.15) is 13.1 Å². The molecule has 0 atom stereocenters.